The minimum Gasteiger partial charge on any atom is -0.367 e. The quantitative estimate of drug-likeness (QED) is 0.353. The maximum Gasteiger partial charge on any atom is 0.356 e. The Morgan fingerprint density at radius 1 is 1.41 bits per heavy atom. The number of hydrogen-bond acceptors (Lipinski definition) is 4. The van der Waals surface area contributed by atoms with Crippen molar-refractivity contribution >= 4 is 29.7 Å². The molecule has 17 heavy (non-hydrogen) atoms. The Hall–Kier alpha value is -2.08. The summed E-state index contributed by atoms with van der Waals surface area (Å²) in [7, 11) is 0. The second-order valence-corrected chi connectivity index (χ2v) is 3.38. The molecule has 0 bridgehead atoms. The first kappa shape index (κ1) is 13.0. The van der Waals surface area contributed by atoms with Crippen LogP contribution in [-0.4, -0.2) is 24.7 Å². The van der Waals surface area contributed by atoms with Crippen molar-refractivity contribution in [3.05, 3.63) is 34.9 Å². The number of nitrogens with two attached hydrogens (primary N) is 2. The van der Waals surface area contributed by atoms with Gasteiger partial charge in [0, 0.05) is 16.8 Å². The second kappa shape index (κ2) is 6.49. The van der Waals surface area contributed by atoms with E-state index >= 15 is 0 Å². The highest BCUT2D eigenvalue weighted by atomic mass is 35.5. The van der Waals surface area contributed by atoms with Crippen LogP contribution in [-0.2, 0) is 9.63 Å². The van der Waals surface area contributed by atoms with Gasteiger partial charge in [0.2, 0.25) is 5.96 Å². The number of nitrogens with zero attached hydrogens (tertiary/aromatic N) is 2. The Morgan fingerprint density at radius 2 is 2.12 bits per heavy atom. The van der Waals surface area contributed by atoms with Crippen molar-refractivity contribution in [3.63, 3.8) is 0 Å². The minimum absolute atomic E-state index is 0.192. The molecule has 0 saturated heterocycles. The summed E-state index contributed by atoms with van der Waals surface area (Å²) in [4.78, 5) is 19.2. The Labute approximate surface area is 103 Å². The molecule has 0 amide bonds. The molecule has 0 atom stereocenters. The van der Waals surface area contributed by atoms with Gasteiger partial charge in [-0.05, 0) is 11.2 Å². The number of benzene rings is 1. The van der Waals surface area contributed by atoms with Crippen LogP contribution in [0.1, 0.15) is 5.56 Å². The van der Waals surface area contributed by atoms with Gasteiger partial charge in [0.25, 0.3) is 0 Å². The van der Waals surface area contributed by atoms with Crippen LogP contribution in [0.15, 0.2) is 34.4 Å². The zero-order valence-electron chi connectivity index (χ0n) is 8.84. The van der Waals surface area contributed by atoms with E-state index in [4.69, 9.17) is 23.1 Å². The number of guanidine groups is 1. The van der Waals surface area contributed by atoms with E-state index in [0.717, 1.165) is 0 Å². The van der Waals surface area contributed by atoms with Gasteiger partial charge in [0.05, 0.1) is 0 Å². The molecule has 0 heterocycles. The van der Waals surface area contributed by atoms with Gasteiger partial charge < -0.3 is 16.3 Å². The monoisotopic (exact) mass is 254 g/mol. The van der Waals surface area contributed by atoms with E-state index in [2.05, 4.69) is 15.0 Å². The number of carbonyl (C=O) groups excluding carboxylic acids is 1. The Balaban J connectivity index is 2.48. The van der Waals surface area contributed by atoms with Crippen molar-refractivity contribution in [1.82, 2.24) is 0 Å². The molecule has 7 heteroatoms. The van der Waals surface area contributed by atoms with Crippen LogP contribution in [0, 0.1) is 0 Å². The molecule has 1 aromatic carbocycles. The number of aliphatic imine (C=N–C) groups is 1. The minimum atomic E-state index is -0.665. The van der Waals surface area contributed by atoms with Gasteiger partial charge in [-0.2, -0.15) is 0 Å². The van der Waals surface area contributed by atoms with E-state index in [1.165, 1.54) is 6.21 Å². The molecule has 0 aliphatic rings. The van der Waals surface area contributed by atoms with Crippen LogP contribution in [0.5, 0.6) is 0 Å². The molecule has 0 aliphatic carbocycles. The summed E-state index contributed by atoms with van der Waals surface area (Å²) in [5.41, 5.74) is 10.7. The molecular formula is C10H11ClN4O2. The van der Waals surface area contributed by atoms with E-state index in [9.17, 15) is 4.79 Å². The highest BCUT2D eigenvalue weighted by Gasteiger charge is 2.00. The van der Waals surface area contributed by atoms with E-state index < -0.39 is 5.97 Å². The van der Waals surface area contributed by atoms with Gasteiger partial charge in [-0.3, -0.25) is 4.99 Å². The van der Waals surface area contributed by atoms with E-state index in [1.54, 1.807) is 18.2 Å². The van der Waals surface area contributed by atoms with Crippen LogP contribution in [0.4, 0.5) is 0 Å². The van der Waals surface area contributed by atoms with E-state index in [0.29, 0.717) is 10.6 Å². The van der Waals surface area contributed by atoms with Crippen molar-refractivity contribution in [1.29, 1.82) is 0 Å². The zero-order valence-corrected chi connectivity index (χ0v) is 9.59. The first-order valence-corrected chi connectivity index (χ1v) is 5.00. The SMILES string of the molecule is NC(N)=NOC(=O)CN=Cc1ccccc1Cl. The second-order valence-electron chi connectivity index (χ2n) is 2.97. The van der Waals surface area contributed by atoms with Crippen molar-refractivity contribution in [2.75, 3.05) is 6.54 Å². The summed E-state index contributed by atoms with van der Waals surface area (Å²) in [5.74, 6) is -0.991. The molecular weight excluding hydrogens is 244 g/mol. The third-order valence-corrected chi connectivity index (χ3v) is 1.95. The normalized spacial score (nSPS) is 10.2. The van der Waals surface area contributed by atoms with E-state index in [1.807, 2.05) is 6.07 Å². The average Bonchev–Trinajstić information content (AvgIpc) is 2.29. The highest BCUT2D eigenvalue weighted by molar-refractivity contribution is 6.33. The smallest absolute Gasteiger partial charge is 0.356 e. The molecule has 0 unspecified atom stereocenters. The molecule has 4 N–H and O–H groups in total. The van der Waals surface area contributed by atoms with Crippen LogP contribution in [0.3, 0.4) is 0 Å². The molecule has 0 radical (unpaired) electrons. The summed E-state index contributed by atoms with van der Waals surface area (Å²) in [6.07, 6.45) is 1.47. The van der Waals surface area contributed by atoms with Crippen LogP contribution >= 0.6 is 11.6 Å². The lowest BCUT2D eigenvalue weighted by Gasteiger charge is -1.96. The molecule has 6 nitrogen and oxygen atoms in total. The lowest BCUT2D eigenvalue weighted by molar-refractivity contribution is -0.141. The number of carbonyl (C=O) groups is 1. The summed E-state index contributed by atoms with van der Waals surface area (Å²) >= 11 is 5.88. The summed E-state index contributed by atoms with van der Waals surface area (Å²) in [6.45, 7) is -0.192. The van der Waals surface area contributed by atoms with Crippen LogP contribution in [0.2, 0.25) is 5.02 Å². The third-order valence-electron chi connectivity index (χ3n) is 1.61. The number of rotatable bonds is 4. The zero-order chi connectivity index (χ0) is 12.7. The summed E-state index contributed by atoms with van der Waals surface area (Å²) in [5, 5.41) is 3.64. The lowest BCUT2D eigenvalue weighted by atomic mass is 10.2. The molecule has 90 valence electrons. The number of halogens is 1. The standard InChI is InChI=1S/C10H11ClN4O2/c11-8-4-2-1-3-7(8)5-14-6-9(16)17-15-10(12)13/h1-5H,6H2,(H4,12,13,15). The van der Waals surface area contributed by atoms with Crippen molar-refractivity contribution in [2.45, 2.75) is 0 Å². The largest absolute Gasteiger partial charge is 0.367 e. The number of hydrogen-bond donors (Lipinski definition) is 2. The molecule has 0 aromatic heterocycles. The fraction of sp³-hybridized carbons (Fsp3) is 0.100. The lowest BCUT2D eigenvalue weighted by Crippen LogP contribution is -2.23. The van der Waals surface area contributed by atoms with Crippen molar-refractivity contribution in [2.24, 2.45) is 21.6 Å². The third kappa shape index (κ3) is 4.98. The predicted octanol–water partition coefficient (Wildman–Crippen LogP) is 0.491. The molecule has 1 aromatic rings. The van der Waals surface area contributed by atoms with Gasteiger partial charge in [-0.15, -0.1) is 0 Å². The Bertz CT molecular complexity index is 455. The summed E-state index contributed by atoms with van der Waals surface area (Å²) < 4.78 is 0. The molecule has 0 spiro atoms. The van der Waals surface area contributed by atoms with Crippen molar-refractivity contribution < 1.29 is 9.63 Å². The molecule has 0 fully saturated rings. The van der Waals surface area contributed by atoms with E-state index in [-0.39, 0.29) is 12.5 Å². The van der Waals surface area contributed by atoms with Crippen LogP contribution in [0.25, 0.3) is 0 Å². The topological polar surface area (TPSA) is 103 Å². The predicted molar refractivity (Wildman–Crippen MR) is 65.8 cm³/mol. The average molecular weight is 255 g/mol. The number of oxime groups is 1. The Kier molecular flexibility index (Phi) is 4.96. The highest BCUT2D eigenvalue weighted by Crippen LogP contribution is 2.12. The Morgan fingerprint density at radius 3 is 2.76 bits per heavy atom. The van der Waals surface area contributed by atoms with Crippen LogP contribution < -0.4 is 11.5 Å². The van der Waals surface area contributed by atoms with Gasteiger partial charge >= 0.3 is 5.97 Å². The first-order valence-electron chi connectivity index (χ1n) is 4.62. The maximum absolute atomic E-state index is 11.0. The van der Waals surface area contributed by atoms with Gasteiger partial charge in [-0.1, -0.05) is 29.8 Å². The fourth-order valence-corrected chi connectivity index (χ4v) is 1.12. The van der Waals surface area contributed by atoms with Gasteiger partial charge in [-0.25, -0.2) is 4.79 Å². The maximum atomic E-state index is 11.0. The first-order chi connectivity index (χ1) is 8.09. The molecule has 0 aliphatic heterocycles. The fourth-order valence-electron chi connectivity index (χ4n) is 0.931. The molecule has 1 rings (SSSR count). The van der Waals surface area contributed by atoms with Gasteiger partial charge in [0.15, 0.2) is 0 Å². The van der Waals surface area contributed by atoms with Crippen molar-refractivity contribution in [3.8, 4) is 0 Å². The molecule has 0 saturated carbocycles. The summed E-state index contributed by atoms with van der Waals surface area (Å²) in [6, 6.07) is 7.10. The van der Waals surface area contributed by atoms with Gasteiger partial charge in [0.1, 0.15) is 6.54 Å².